The summed E-state index contributed by atoms with van der Waals surface area (Å²) in [6.45, 7) is 1.60. The molecule has 0 heterocycles. The van der Waals surface area contributed by atoms with Crippen molar-refractivity contribution in [2.24, 2.45) is 5.41 Å². The van der Waals surface area contributed by atoms with Gasteiger partial charge in [0, 0.05) is 12.8 Å². The lowest BCUT2D eigenvalue weighted by Gasteiger charge is -2.21. The molecule has 0 spiro atoms. The molecule has 5 nitrogen and oxygen atoms in total. The molecule has 108 valence electrons. The molecule has 0 aromatic rings. The van der Waals surface area contributed by atoms with E-state index in [1.807, 2.05) is 0 Å². The molecule has 0 fully saturated rings. The second kappa shape index (κ2) is 9.60. The number of carbonyl (C=O) groups excluding carboxylic acids is 3. The molecule has 0 aliphatic rings. The zero-order valence-corrected chi connectivity index (χ0v) is 11.9. The largest absolute Gasteiger partial charge is 0.468 e. The SMILES string of the molecule is CC#CCC(C=C=CCCC=O)(C(=O)OC)C(=O)OC. The molecule has 0 aliphatic carbocycles. The molecule has 5 heteroatoms. The van der Waals surface area contributed by atoms with Crippen LogP contribution in [0.3, 0.4) is 0 Å². The maximum absolute atomic E-state index is 11.9. The highest BCUT2D eigenvalue weighted by atomic mass is 16.5. The van der Waals surface area contributed by atoms with E-state index in [-0.39, 0.29) is 6.42 Å². The van der Waals surface area contributed by atoms with Gasteiger partial charge in [0.25, 0.3) is 0 Å². The fraction of sp³-hybridized carbons (Fsp3) is 0.467. The van der Waals surface area contributed by atoms with Crippen LogP contribution in [0, 0.1) is 17.3 Å². The molecule has 0 N–H and O–H groups in total. The number of hydrogen-bond donors (Lipinski definition) is 0. The van der Waals surface area contributed by atoms with Crippen LogP contribution < -0.4 is 0 Å². The van der Waals surface area contributed by atoms with Crippen LogP contribution in [-0.4, -0.2) is 32.4 Å². The van der Waals surface area contributed by atoms with Gasteiger partial charge in [-0.2, -0.15) is 0 Å². The van der Waals surface area contributed by atoms with Gasteiger partial charge in [0.05, 0.1) is 14.2 Å². The summed E-state index contributed by atoms with van der Waals surface area (Å²) >= 11 is 0. The number of methoxy groups -OCH3 is 2. The van der Waals surface area contributed by atoms with Crippen molar-refractivity contribution in [3.63, 3.8) is 0 Å². The number of carbonyl (C=O) groups is 3. The Bertz CT molecular complexity index is 456. The second-order valence-corrected chi connectivity index (χ2v) is 3.82. The van der Waals surface area contributed by atoms with E-state index in [0.717, 1.165) is 6.29 Å². The topological polar surface area (TPSA) is 69.7 Å². The second-order valence-electron chi connectivity index (χ2n) is 3.82. The summed E-state index contributed by atoms with van der Waals surface area (Å²) in [5.41, 5.74) is 1.09. The van der Waals surface area contributed by atoms with Gasteiger partial charge < -0.3 is 14.3 Å². The third-order valence-corrected chi connectivity index (χ3v) is 2.52. The number of esters is 2. The molecule has 0 aliphatic heterocycles. The highest BCUT2D eigenvalue weighted by molar-refractivity contribution is 6.02. The minimum absolute atomic E-state index is 0.0582. The van der Waals surface area contributed by atoms with Gasteiger partial charge in [-0.3, -0.25) is 9.59 Å². The number of hydrogen-bond acceptors (Lipinski definition) is 5. The van der Waals surface area contributed by atoms with Gasteiger partial charge in [0.15, 0.2) is 0 Å². The first-order chi connectivity index (χ1) is 9.58. The van der Waals surface area contributed by atoms with Crippen molar-refractivity contribution in [3.8, 4) is 11.8 Å². The first-order valence-corrected chi connectivity index (χ1v) is 6.01. The van der Waals surface area contributed by atoms with E-state index < -0.39 is 17.4 Å². The smallest absolute Gasteiger partial charge is 0.328 e. The Balaban J connectivity index is 5.52. The van der Waals surface area contributed by atoms with E-state index in [1.165, 1.54) is 20.3 Å². The van der Waals surface area contributed by atoms with Crippen LogP contribution in [0.15, 0.2) is 17.9 Å². The van der Waals surface area contributed by atoms with Crippen LogP contribution in [0.1, 0.15) is 26.2 Å². The van der Waals surface area contributed by atoms with E-state index in [9.17, 15) is 14.4 Å². The molecule has 0 radical (unpaired) electrons. The minimum atomic E-state index is -1.63. The average Bonchev–Trinajstić information content (AvgIpc) is 2.48. The van der Waals surface area contributed by atoms with Gasteiger partial charge in [0.1, 0.15) is 6.29 Å². The molecule has 0 aromatic carbocycles. The van der Waals surface area contributed by atoms with Gasteiger partial charge in [-0.25, -0.2) is 0 Å². The summed E-state index contributed by atoms with van der Waals surface area (Å²) in [6.07, 6.45) is 4.37. The number of rotatable bonds is 7. The van der Waals surface area contributed by atoms with Crippen molar-refractivity contribution in [2.75, 3.05) is 14.2 Å². The molecule has 0 atom stereocenters. The predicted molar refractivity (Wildman–Crippen MR) is 72.5 cm³/mol. The minimum Gasteiger partial charge on any atom is -0.468 e. The summed E-state index contributed by atoms with van der Waals surface area (Å²) in [7, 11) is 2.37. The van der Waals surface area contributed by atoms with Gasteiger partial charge in [0.2, 0.25) is 5.41 Å². The molecule has 0 rings (SSSR count). The molecule has 0 amide bonds. The van der Waals surface area contributed by atoms with Crippen LogP contribution in [0.5, 0.6) is 0 Å². The maximum Gasteiger partial charge on any atom is 0.328 e. The van der Waals surface area contributed by atoms with E-state index in [2.05, 4.69) is 27.0 Å². The molecule has 20 heavy (non-hydrogen) atoms. The fourth-order valence-electron chi connectivity index (χ4n) is 1.42. The van der Waals surface area contributed by atoms with E-state index in [1.54, 1.807) is 13.0 Å². The van der Waals surface area contributed by atoms with E-state index in [4.69, 9.17) is 0 Å². The molecule has 0 unspecified atom stereocenters. The Hall–Kier alpha value is -2.31. The Labute approximate surface area is 118 Å². The number of aldehydes is 1. The summed E-state index contributed by atoms with van der Waals surface area (Å²) in [4.78, 5) is 34.0. The molecule has 0 saturated carbocycles. The van der Waals surface area contributed by atoms with Crippen molar-refractivity contribution >= 4 is 18.2 Å². The van der Waals surface area contributed by atoms with Gasteiger partial charge in [-0.15, -0.1) is 17.6 Å². The average molecular weight is 278 g/mol. The quantitative estimate of drug-likeness (QED) is 0.176. The monoisotopic (exact) mass is 278 g/mol. The molecule has 0 aromatic heterocycles. The van der Waals surface area contributed by atoms with Crippen molar-refractivity contribution in [1.29, 1.82) is 0 Å². The third-order valence-electron chi connectivity index (χ3n) is 2.52. The van der Waals surface area contributed by atoms with Gasteiger partial charge in [-0.05, 0) is 25.5 Å². The normalized spacial score (nSPS) is 9.35. The van der Waals surface area contributed by atoms with Gasteiger partial charge in [-0.1, -0.05) is 0 Å². The Morgan fingerprint density at radius 1 is 1.15 bits per heavy atom. The van der Waals surface area contributed by atoms with Crippen LogP contribution in [0.25, 0.3) is 0 Å². The number of unbranched alkanes of at least 4 members (excludes halogenated alkanes) is 1. The molecule has 0 bridgehead atoms. The van der Waals surface area contributed by atoms with Crippen molar-refractivity contribution in [2.45, 2.75) is 26.2 Å². The zero-order valence-electron chi connectivity index (χ0n) is 11.9. The Morgan fingerprint density at radius 2 is 1.75 bits per heavy atom. The van der Waals surface area contributed by atoms with Gasteiger partial charge >= 0.3 is 11.9 Å². The molecular weight excluding hydrogens is 260 g/mol. The van der Waals surface area contributed by atoms with E-state index in [0.29, 0.717) is 12.8 Å². The predicted octanol–water partition coefficient (Wildman–Crippen LogP) is 1.42. The lowest BCUT2D eigenvalue weighted by atomic mass is 9.84. The Kier molecular flexibility index (Phi) is 8.49. The first-order valence-electron chi connectivity index (χ1n) is 6.01. The maximum atomic E-state index is 11.9. The van der Waals surface area contributed by atoms with Crippen molar-refractivity contribution in [1.82, 2.24) is 0 Å². The van der Waals surface area contributed by atoms with E-state index >= 15 is 0 Å². The summed E-state index contributed by atoms with van der Waals surface area (Å²) in [5.74, 6) is 3.78. The molecular formula is C15H18O5. The van der Waals surface area contributed by atoms with Crippen molar-refractivity contribution in [3.05, 3.63) is 17.9 Å². The summed E-state index contributed by atoms with van der Waals surface area (Å²) in [6, 6.07) is 0. The third kappa shape index (κ3) is 4.75. The highest BCUT2D eigenvalue weighted by Gasteiger charge is 2.46. The number of ether oxygens (including phenoxy) is 2. The lowest BCUT2D eigenvalue weighted by Crippen LogP contribution is -2.39. The van der Waals surface area contributed by atoms with Crippen LogP contribution in [0.4, 0.5) is 0 Å². The lowest BCUT2D eigenvalue weighted by molar-refractivity contribution is -0.164. The van der Waals surface area contributed by atoms with Crippen LogP contribution >= 0.6 is 0 Å². The fourth-order valence-corrected chi connectivity index (χ4v) is 1.42. The van der Waals surface area contributed by atoms with Crippen molar-refractivity contribution < 1.29 is 23.9 Å². The zero-order chi connectivity index (χ0) is 15.4. The Morgan fingerprint density at radius 3 is 2.20 bits per heavy atom. The molecule has 0 saturated heterocycles. The summed E-state index contributed by atoms with van der Waals surface area (Å²) in [5, 5.41) is 0. The van der Waals surface area contributed by atoms with Crippen LogP contribution in [-0.2, 0) is 23.9 Å². The summed E-state index contributed by atoms with van der Waals surface area (Å²) < 4.78 is 9.33. The highest BCUT2D eigenvalue weighted by Crippen LogP contribution is 2.27. The first kappa shape index (κ1) is 17.7. The van der Waals surface area contributed by atoms with Crippen LogP contribution in [0.2, 0.25) is 0 Å². The standard InChI is InChI=1S/C15H18O5/c1-4-5-10-15(13(17)19-2,14(18)20-3)11-8-6-7-9-12-16/h6,11-12H,7,9-10H2,1-3H3.